The highest BCUT2D eigenvalue weighted by atomic mass is 32.2. The van der Waals surface area contributed by atoms with Crippen LogP contribution in [0.25, 0.3) is 0 Å². The van der Waals surface area contributed by atoms with Crippen molar-refractivity contribution in [1.29, 1.82) is 0 Å². The number of hydrogen-bond acceptors (Lipinski definition) is 5. The molecule has 0 bridgehead atoms. The van der Waals surface area contributed by atoms with E-state index in [2.05, 4.69) is 5.32 Å². The third-order valence-corrected chi connectivity index (χ3v) is 3.46. The minimum atomic E-state index is -3.24. The van der Waals surface area contributed by atoms with Crippen molar-refractivity contribution in [3.05, 3.63) is 47.4 Å². The zero-order valence-electron chi connectivity index (χ0n) is 12.6. The second kappa shape index (κ2) is 8.94. The van der Waals surface area contributed by atoms with Crippen LogP contribution in [-0.4, -0.2) is 37.9 Å². The van der Waals surface area contributed by atoms with Crippen LogP contribution in [0, 0.1) is 0 Å². The summed E-state index contributed by atoms with van der Waals surface area (Å²) in [7, 11) is -3.24. The molecule has 0 fully saturated rings. The van der Waals surface area contributed by atoms with Gasteiger partial charge in [-0.05, 0) is 18.4 Å². The van der Waals surface area contributed by atoms with Crippen LogP contribution in [0.5, 0.6) is 0 Å². The average Bonchev–Trinajstić information content (AvgIpc) is 2.48. The molecular formula is C15H19NO6S. The van der Waals surface area contributed by atoms with Gasteiger partial charge in [0.15, 0.2) is 9.84 Å². The minimum absolute atomic E-state index is 0.0347. The molecule has 0 spiro atoms. The van der Waals surface area contributed by atoms with Crippen LogP contribution >= 0.6 is 0 Å². The van der Waals surface area contributed by atoms with Crippen molar-refractivity contribution in [3.8, 4) is 0 Å². The number of sulfone groups is 1. The number of ether oxygens (including phenoxy) is 1. The first-order chi connectivity index (χ1) is 10.8. The van der Waals surface area contributed by atoms with Crippen LogP contribution in [0.15, 0.2) is 41.8 Å². The lowest BCUT2D eigenvalue weighted by Gasteiger charge is -2.13. The lowest BCUT2D eigenvalue weighted by molar-refractivity contribution is -0.139. The topological polar surface area (TPSA) is 110 Å². The molecule has 23 heavy (non-hydrogen) atoms. The van der Waals surface area contributed by atoms with Gasteiger partial charge in [-0.3, -0.25) is 0 Å². The predicted molar refractivity (Wildman–Crippen MR) is 84.4 cm³/mol. The number of rotatable bonds is 8. The molecule has 2 N–H and O–H groups in total. The SMILES string of the molecule is CS(=O)(=O)C=CCC[C@H](NC(=O)OCc1ccccc1)C(=O)O. The van der Waals surface area contributed by atoms with E-state index in [1.165, 1.54) is 6.08 Å². The van der Waals surface area contributed by atoms with Gasteiger partial charge in [-0.15, -0.1) is 0 Å². The number of carboxylic acid groups (broad SMARTS) is 1. The molecule has 0 saturated heterocycles. The van der Waals surface area contributed by atoms with Gasteiger partial charge < -0.3 is 15.2 Å². The zero-order valence-corrected chi connectivity index (χ0v) is 13.5. The van der Waals surface area contributed by atoms with Gasteiger partial charge in [0.1, 0.15) is 12.6 Å². The van der Waals surface area contributed by atoms with E-state index in [1.54, 1.807) is 24.3 Å². The Labute approximate surface area is 134 Å². The first kappa shape index (κ1) is 18.7. The second-order valence-electron chi connectivity index (χ2n) is 4.88. The summed E-state index contributed by atoms with van der Waals surface area (Å²) in [6, 6.07) is 7.82. The maximum absolute atomic E-state index is 11.6. The fourth-order valence-corrected chi connectivity index (χ4v) is 2.16. The van der Waals surface area contributed by atoms with Crippen LogP contribution in [0.4, 0.5) is 4.79 Å². The first-order valence-corrected chi connectivity index (χ1v) is 8.80. The summed E-state index contributed by atoms with van der Waals surface area (Å²) in [6.45, 7) is 0.0347. The normalized spacial score (nSPS) is 12.7. The van der Waals surface area contributed by atoms with Gasteiger partial charge in [0.2, 0.25) is 0 Å². The van der Waals surface area contributed by atoms with Crippen LogP contribution in [0.1, 0.15) is 18.4 Å². The fourth-order valence-electron chi connectivity index (χ4n) is 1.67. The standard InChI is InChI=1S/C15H19NO6S/c1-23(20,21)10-6-5-9-13(14(17)18)16-15(19)22-11-12-7-3-2-4-8-12/h2-4,6-8,10,13H,5,9,11H2,1H3,(H,16,19)(H,17,18)/t13-/m0/s1. The number of nitrogens with one attached hydrogen (secondary N) is 1. The molecule has 0 aliphatic carbocycles. The Hall–Kier alpha value is -2.35. The van der Waals surface area contributed by atoms with Crippen LogP contribution in [0.2, 0.25) is 0 Å². The van der Waals surface area contributed by atoms with E-state index < -0.39 is 27.9 Å². The summed E-state index contributed by atoms with van der Waals surface area (Å²) in [5.41, 5.74) is 0.783. The highest BCUT2D eigenvalue weighted by Crippen LogP contribution is 2.03. The molecule has 1 rings (SSSR count). The maximum Gasteiger partial charge on any atom is 0.408 e. The van der Waals surface area contributed by atoms with E-state index in [4.69, 9.17) is 9.84 Å². The largest absolute Gasteiger partial charge is 0.480 e. The molecule has 126 valence electrons. The first-order valence-electron chi connectivity index (χ1n) is 6.84. The van der Waals surface area contributed by atoms with E-state index in [9.17, 15) is 18.0 Å². The van der Waals surface area contributed by atoms with Crippen molar-refractivity contribution >= 4 is 21.9 Å². The summed E-state index contributed by atoms with van der Waals surface area (Å²) >= 11 is 0. The van der Waals surface area contributed by atoms with Crippen LogP contribution in [0.3, 0.4) is 0 Å². The molecule has 1 amide bonds. The van der Waals surface area contributed by atoms with Gasteiger partial charge in [0.25, 0.3) is 0 Å². The number of hydrogen-bond donors (Lipinski definition) is 2. The number of amides is 1. The molecule has 7 nitrogen and oxygen atoms in total. The second-order valence-corrected chi connectivity index (χ2v) is 6.81. The molecule has 0 unspecified atom stereocenters. The quantitative estimate of drug-likeness (QED) is 0.745. The van der Waals surface area contributed by atoms with Crippen LogP contribution in [-0.2, 0) is 26.0 Å². The lowest BCUT2D eigenvalue weighted by atomic mass is 10.1. The molecule has 0 saturated carbocycles. The highest BCUT2D eigenvalue weighted by molar-refractivity contribution is 7.93. The fraction of sp³-hybridized carbons (Fsp3) is 0.333. The lowest BCUT2D eigenvalue weighted by Crippen LogP contribution is -2.40. The third-order valence-electron chi connectivity index (χ3n) is 2.77. The van der Waals surface area contributed by atoms with E-state index in [-0.39, 0.29) is 19.4 Å². The smallest absolute Gasteiger partial charge is 0.408 e. The molecule has 1 aromatic carbocycles. The molecule has 1 atom stereocenters. The Morgan fingerprint density at radius 1 is 1.30 bits per heavy atom. The van der Waals surface area contributed by atoms with Crippen molar-refractivity contribution in [3.63, 3.8) is 0 Å². The molecule has 1 aromatic rings. The zero-order chi connectivity index (χ0) is 17.3. The van der Waals surface area contributed by atoms with E-state index in [0.717, 1.165) is 17.2 Å². The van der Waals surface area contributed by atoms with Crippen molar-refractivity contribution in [2.75, 3.05) is 6.26 Å². The number of alkyl carbamates (subject to hydrolysis) is 1. The minimum Gasteiger partial charge on any atom is -0.480 e. The number of carbonyl (C=O) groups is 2. The van der Waals surface area contributed by atoms with E-state index in [0.29, 0.717) is 0 Å². The van der Waals surface area contributed by atoms with Gasteiger partial charge in [-0.2, -0.15) is 0 Å². The summed E-state index contributed by atoms with van der Waals surface area (Å²) in [5, 5.41) is 12.3. The molecule has 0 aliphatic heterocycles. The molecule has 0 heterocycles. The van der Waals surface area contributed by atoms with E-state index in [1.807, 2.05) is 6.07 Å². The Morgan fingerprint density at radius 3 is 2.52 bits per heavy atom. The van der Waals surface area contributed by atoms with Gasteiger partial charge in [0.05, 0.1) is 0 Å². The van der Waals surface area contributed by atoms with Crippen molar-refractivity contribution in [2.45, 2.75) is 25.5 Å². The Morgan fingerprint density at radius 2 is 1.96 bits per heavy atom. The Balaban J connectivity index is 2.44. The molecule has 0 radical (unpaired) electrons. The predicted octanol–water partition coefficient (Wildman–Crippen LogP) is 1.70. The van der Waals surface area contributed by atoms with Gasteiger partial charge in [-0.25, -0.2) is 18.0 Å². The number of benzene rings is 1. The number of carbonyl (C=O) groups excluding carboxylic acids is 1. The van der Waals surface area contributed by atoms with Crippen LogP contribution < -0.4 is 5.32 Å². The summed E-state index contributed by atoms with van der Waals surface area (Å²) in [6.07, 6.45) is 1.80. The molecule has 0 aromatic heterocycles. The highest BCUT2D eigenvalue weighted by Gasteiger charge is 2.19. The Bertz CT molecular complexity index is 654. The summed E-state index contributed by atoms with van der Waals surface area (Å²) in [4.78, 5) is 22.7. The van der Waals surface area contributed by atoms with Crippen molar-refractivity contribution in [1.82, 2.24) is 5.32 Å². The Kier molecular flexibility index (Phi) is 7.27. The van der Waals surface area contributed by atoms with Gasteiger partial charge >= 0.3 is 12.1 Å². The van der Waals surface area contributed by atoms with Crippen molar-refractivity contribution in [2.24, 2.45) is 0 Å². The van der Waals surface area contributed by atoms with E-state index >= 15 is 0 Å². The maximum atomic E-state index is 11.6. The molecule has 8 heteroatoms. The summed E-state index contributed by atoms with van der Waals surface area (Å²) in [5.74, 6) is -1.21. The third kappa shape index (κ3) is 8.62. The average molecular weight is 341 g/mol. The molecule has 0 aliphatic rings. The van der Waals surface area contributed by atoms with Gasteiger partial charge in [0, 0.05) is 11.7 Å². The van der Waals surface area contributed by atoms with Gasteiger partial charge in [-0.1, -0.05) is 36.4 Å². The number of allylic oxidation sites excluding steroid dienone is 1. The summed E-state index contributed by atoms with van der Waals surface area (Å²) < 4.78 is 26.8. The molecular weight excluding hydrogens is 322 g/mol. The number of aliphatic carboxylic acids is 1. The van der Waals surface area contributed by atoms with Crippen molar-refractivity contribution < 1.29 is 27.9 Å². The number of carboxylic acids is 1. The monoisotopic (exact) mass is 341 g/mol.